The molecule has 0 heterocycles. The number of hydrogen-bond donors (Lipinski definition) is 0. The van der Waals surface area contributed by atoms with Crippen LogP contribution in [0.2, 0.25) is 5.02 Å². The average molecular weight is 263 g/mol. The molecular weight excluding hydrogens is 247 g/mol. The summed E-state index contributed by atoms with van der Waals surface area (Å²) in [5.74, 6) is -0.383. The van der Waals surface area contributed by atoms with Crippen LogP contribution in [0.3, 0.4) is 0 Å². The molecule has 0 radical (unpaired) electrons. The summed E-state index contributed by atoms with van der Waals surface area (Å²) in [5, 5.41) is 0.160. The minimum Gasteiger partial charge on any atom is -0.205 e. The largest absolute Gasteiger partial charge is 0.205 e. The van der Waals surface area contributed by atoms with Gasteiger partial charge in [0.1, 0.15) is 5.82 Å². The van der Waals surface area contributed by atoms with E-state index in [4.69, 9.17) is 11.6 Å². The van der Waals surface area contributed by atoms with Gasteiger partial charge in [-0.3, -0.25) is 0 Å². The van der Waals surface area contributed by atoms with E-state index >= 15 is 0 Å². The van der Waals surface area contributed by atoms with Crippen LogP contribution in [0.4, 0.5) is 4.39 Å². The van der Waals surface area contributed by atoms with Crippen molar-refractivity contribution in [3.05, 3.63) is 58.9 Å². The van der Waals surface area contributed by atoms with Crippen molar-refractivity contribution in [3.63, 3.8) is 0 Å². The van der Waals surface area contributed by atoms with Crippen molar-refractivity contribution < 1.29 is 4.39 Å². The Morgan fingerprint density at radius 2 is 1.44 bits per heavy atom. The molecule has 0 atom stereocenters. The van der Waals surface area contributed by atoms with Crippen molar-refractivity contribution in [2.75, 3.05) is 0 Å². The maximum atomic E-state index is 13.1. The van der Waals surface area contributed by atoms with E-state index in [2.05, 4.69) is 32.9 Å². The van der Waals surface area contributed by atoms with Gasteiger partial charge in [-0.2, -0.15) is 0 Å². The lowest BCUT2D eigenvalue weighted by atomic mass is 9.86. The van der Waals surface area contributed by atoms with Gasteiger partial charge in [0.2, 0.25) is 0 Å². The van der Waals surface area contributed by atoms with Crippen molar-refractivity contribution >= 4 is 11.6 Å². The molecule has 0 aliphatic carbocycles. The number of rotatable bonds is 1. The molecule has 0 saturated carbocycles. The summed E-state index contributed by atoms with van der Waals surface area (Å²) >= 11 is 5.79. The van der Waals surface area contributed by atoms with Crippen LogP contribution in [-0.2, 0) is 5.41 Å². The summed E-state index contributed by atoms with van der Waals surface area (Å²) in [5.41, 5.74) is 3.39. The van der Waals surface area contributed by atoms with Crippen LogP contribution < -0.4 is 0 Å². The van der Waals surface area contributed by atoms with E-state index in [0.717, 1.165) is 11.1 Å². The van der Waals surface area contributed by atoms with Gasteiger partial charge in [-0.25, -0.2) is 4.39 Å². The molecule has 0 saturated heterocycles. The predicted octanol–water partition coefficient (Wildman–Crippen LogP) is 5.44. The Labute approximate surface area is 112 Å². The molecule has 0 bridgehead atoms. The molecule has 0 unspecified atom stereocenters. The van der Waals surface area contributed by atoms with Crippen LogP contribution in [0, 0.1) is 5.82 Å². The van der Waals surface area contributed by atoms with Crippen LogP contribution in [-0.4, -0.2) is 0 Å². The second-order valence-electron chi connectivity index (χ2n) is 5.46. The normalized spacial score (nSPS) is 11.6. The lowest BCUT2D eigenvalue weighted by Gasteiger charge is -2.19. The molecule has 2 aromatic carbocycles. The standard InChI is InChI=1S/C16H16ClF/c1-16(2,3)13-7-4-11(5-8-13)12-6-9-15(18)14(17)10-12/h4-10H,1-3H3. The maximum Gasteiger partial charge on any atom is 0.141 e. The molecular formula is C16H16ClF. The highest BCUT2D eigenvalue weighted by atomic mass is 35.5. The van der Waals surface area contributed by atoms with Crippen LogP contribution in [0.5, 0.6) is 0 Å². The molecule has 2 rings (SSSR count). The Morgan fingerprint density at radius 3 is 1.94 bits per heavy atom. The minimum atomic E-state index is -0.383. The Bertz CT molecular complexity index is 550. The average Bonchev–Trinajstić information content (AvgIpc) is 2.32. The van der Waals surface area contributed by atoms with Gasteiger partial charge in [-0.05, 0) is 34.2 Å². The van der Waals surface area contributed by atoms with Crippen LogP contribution >= 0.6 is 11.6 Å². The Hall–Kier alpha value is -1.34. The van der Waals surface area contributed by atoms with E-state index in [-0.39, 0.29) is 16.3 Å². The lowest BCUT2D eigenvalue weighted by molar-refractivity contribution is 0.590. The van der Waals surface area contributed by atoms with Gasteiger partial charge in [0, 0.05) is 0 Å². The fourth-order valence-corrected chi connectivity index (χ4v) is 2.02. The summed E-state index contributed by atoms with van der Waals surface area (Å²) in [6.45, 7) is 6.53. The third-order valence-corrected chi connectivity index (χ3v) is 3.29. The minimum absolute atomic E-state index is 0.138. The monoisotopic (exact) mass is 262 g/mol. The highest BCUT2D eigenvalue weighted by Gasteiger charge is 2.13. The third kappa shape index (κ3) is 2.73. The lowest BCUT2D eigenvalue weighted by Crippen LogP contribution is -2.10. The molecule has 0 aliphatic heterocycles. The van der Waals surface area contributed by atoms with Gasteiger partial charge in [0.05, 0.1) is 5.02 Å². The summed E-state index contributed by atoms with van der Waals surface area (Å²) in [4.78, 5) is 0. The van der Waals surface area contributed by atoms with Crippen molar-refractivity contribution in [2.45, 2.75) is 26.2 Å². The zero-order valence-electron chi connectivity index (χ0n) is 10.8. The SMILES string of the molecule is CC(C)(C)c1ccc(-c2ccc(F)c(Cl)c2)cc1. The van der Waals surface area contributed by atoms with Crippen molar-refractivity contribution in [1.82, 2.24) is 0 Å². The molecule has 0 N–H and O–H groups in total. The zero-order chi connectivity index (χ0) is 13.3. The van der Waals surface area contributed by atoms with Crippen LogP contribution in [0.1, 0.15) is 26.3 Å². The molecule has 0 spiro atoms. The second-order valence-corrected chi connectivity index (χ2v) is 5.86. The van der Waals surface area contributed by atoms with Gasteiger partial charge in [-0.1, -0.05) is 62.7 Å². The number of hydrogen-bond acceptors (Lipinski definition) is 0. The highest BCUT2D eigenvalue weighted by molar-refractivity contribution is 6.31. The zero-order valence-corrected chi connectivity index (χ0v) is 11.6. The quantitative estimate of drug-likeness (QED) is 0.642. The van der Waals surface area contributed by atoms with Crippen molar-refractivity contribution in [1.29, 1.82) is 0 Å². The first-order chi connectivity index (χ1) is 8.38. The van der Waals surface area contributed by atoms with Crippen LogP contribution in [0.25, 0.3) is 11.1 Å². The summed E-state index contributed by atoms with van der Waals surface area (Å²) < 4.78 is 13.1. The summed E-state index contributed by atoms with van der Waals surface area (Å²) in [7, 11) is 0. The highest BCUT2D eigenvalue weighted by Crippen LogP contribution is 2.28. The first-order valence-corrected chi connectivity index (χ1v) is 6.32. The third-order valence-electron chi connectivity index (χ3n) is 3.00. The van der Waals surface area contributed by atoms with E-state index in [1.165, 1.54) is 11.6 Å². The molecule has 0 fully saturated rings. The van der Waals surface area contributed by atoms with Crippen molar-refractivity contribution in [3.8, 4) is 11.1 Å². The van der Waals surface area contributed by atoms with Gasteiger partial charge in [-0.15, -0.1) is 0 Å². The Balaban J connectivity index is 2.37. The number of halogens is 2. The summed E-state index contributed by atoms with van der Waals surface area (Å²) in [6.07, 6.45) is 0. The molecule has 94 valence electrons. The first-order valence-electron chi connectivity index (χ1n) is 5.94. The topological polar surface area (TPSA) is 0 Å². The fraction of sp³-hybridized carbons (Fsp3) is 0.250. The molecule has 18 heavy (non-hydrogen) atoms. The van der Waals surface area contributed by atoms with Gasteiger partial charge in [0.15, 0.2) is 0 Å². The Kier molecular flexibility index (Phi) is 3.45. The molecule has 0 aromatic heterocycles. The smallest absolute Gasteiger partial charge is 0.141 e. The van der Waals surface area contributed by atoms with Gasteiger partial charge in [0.25, 0.3) is 0 Å². The summed E-state index contributed by atoms with van der Waals surface area (Å²) in [6, 6.07) is 13.1. The van der Waals surface area contributed by atoms with Crippen LogP contribution in [0.15, 0.2) is 42.5 Å². The van der Waals surface area contributed by atoms with Gasteiger partial charge >= 0.3 is 0 Å². The maximum absolute atomic E-state index is 13.1. The van der Waals surface area contributed by atoms with E-state index in [1.807, 2.05) is 12.1 Å². The molecule has 2 aromatic rings. The van der Waals surface area contributed by atoms with E-state index < -0.39 is 0 Å². The second kappa shape index (κ2) is 4.74. The molecule has 2 heteroatoms. The fourth-order valence-electron chi connectivity index (χ4n) is 1.84. The first kappa shape index (κ1) is 13.1. The molecule has 0 amide bonds. The molecule has 0 aliphatic rings. The molecule has 0 nitrogen and oxygen atoms in total. The van der Waals surface area contributed by atoms with E-state index in [0.29, 0.717) is 0 Å². The Morgan fingerprint density at radius 1 is 0.889 bits per heavy atom. The van der Waals surface area contributed by atoms with Gasteiger partial charge < -0.3 is 0 Å². The van der Waals surface area contributed by atoms with E-state index in [1.54, 1.807) is 12.1 Å². The number of benzene rings is 2. The predicted molar refractivity (Wildman–Crippen MR) is 75.5 cm³/mol. The van der Waals surface area contributed by atoms with E-state index in [9.17, 15) is 4.39 Å². The van der Waals surface area contributed by atoms with Crippen molar-refractivity contribution in [2.24, 2.45) is 0 Å².